The molecule has 0 bridgehead atoms. The molecule has 0 saturated heterocycles. The minimum absolute atomic E-state index is 0.0306. The Kier molecular flexibility index (Phi) is 6.03. The molecule has 0 radical (unpaired) electrons. The molecule has 0 spiro atoms. The van der Waals surface area contributed by atoms with Crippen LogP contribution in [0.3, 0.4) is 0 Å². The molecule has 166 valence electrons. The van der Waals surface area contributed by atoms with Gasteiger partial charge in [-0.1, -0.05) is 41.4 Å². The Labute approximate surface area is 196 Å². The van der Waals surface area contributed by atoms with Crippen LogP contribution in [-0.2, 0) is 9.59 Å². The number of aryl methyl sites for hydroxylation is 3. The molecule has 0 aliphatic carbocycles. The highest BCUT2D eigenvalue weighted by atomic mass is 35.5. The first kappa shape index (κ1) is 22.3. The summed E-state index contributed by atoms with van der Waals surface area (Å²) in [6.07, 6.45) is 0. The van der Waals surface area contributed by atoms with Crippen LogP contribution < -0.4 is 15.5 Å². The SMILES string of the molecule is Cc1ccc(NC(=O)c2cccc(NC3=C(Cl)C(=O)N(c4cc(C)cc(C)c4)C3=O)c2)cc1. The number of rotatable bonds is 5. The smallest absolute Gasteiger partial charge is 0.283 e. The Morgan fingerprint density at radius 3 is 2.12 bits per heavy atom. The van der Waals surface area contributed by atoms with Gasteiger partial charge in [0, 0.05) is 16.9 Å². The standard InChI is InChI=1S/C26H22ClN3O3/c1-15-7-9-19(10-8-15)29-24(31)18-5-4-6-20(14-18)28-23-22(27)25(32)30(26(23)33)21-12-16(2)11-17(3)13-21/h4-14,28H,1-3H3,(H,29,31). The lowest BCUT2D eigenvalue weighted by molar-refractivity contribution is -0.120. The average molecular weight is 460 g/mol. The van der Waals surface area contributed by atoms with E-state index in [9.17, 15) is 14.4 Å². The van der Waals surface area contributed by atoms with E-state index in [0.29, 0.717) is 22.6 Å². The molecule has 3 aromatic carbocycles. The third-order valence-corrected chi connectivity index (χ3v) is 5.55. The number of benzene rings is 3. The highest BCUT2D eigenvalue weighted by Crippen LogP contribution is 2.31. The third kappa shape index (κ3) is 4.66. The number of hydrogen-bond donors (Lipinski definition) is 2. The first-order chi connectivity index (χ1) is 15.7. The van der Waals surface area contributed by atoms with Gasteiger partial charge in [0.25, 0.3) is 17.7 Å². The van der Waals surface area contributed by atoms with Crippen LogP contribution in [0.15, 0.2) is 77.5 Å². The molecular weight excluding hydrogens is 438 g/mol. The minimum atomic E-state index is -0.595. The lowest BCUT2D eigenvalue weighted by Gasteiger charge is -2.16. The number of carbonyl (C=O) groups is 3. The second-order valence-electron chi connectivity index (χ2n) is 8.01. The average Bonchev–Trinajstić information content (AvgIpc) is 2.98. The van der Waals surface area contributed by atoms with Gasteiger partial charge < -0.3 is 10.6 Å². The van der Waals surface area contributed by atoms with Gasteiger partial charge in [0.15, 0.2) is 0 Å². The number of carbonyl (C=O) groups excluding carboxylic acids is 3. The maximum atomic E-state index is 13.1. The van der Waals surface area contributed by atoms with Gasteiger partial charge in [-0.2, -0.15) is 0 Å². The van der Waals surface area contributed by atoms with E-state index >= 15 is 0 Å². The number of anilines is 3. The summed E-state index contributed by atoms with van der Waals surface area (Å²) >= 11 is 6.25. The number of halogens is 1. The molecule has 0 unspecified atom stereocenters. The fourth-order valence-electron chi connectivity index (χ4n) is 3.65. The second kappa shape index (κ2) is 8.92. The van der Waals surface area contributed by atoms with Crippen LogP contribution >= 0.6 is 11.6 Å². The van der Waals surface area contributed by atoms with E-state index in [-0.39, 0.29) is 16.6 Å². The Bertz CT molecular complexity index is 1290. The van der Waals surface area contributed by atoms with Gasteiger partial charge in [-0.15, -0.1) is 0 Å². The van der Waals surface area contributed by atoms with Crippen LogP contribution in [-0.4, -0.2) is 17.7 Å². The highest BCUT2D eigenvalue weighted by Gasteiger charge is 2.39. The summed E-state index contributed by atoms with van der Waals surface area (Å²) in [5.41, 5.74) is 4.90. The molecule has 3 aromatic rings. The molecule has 6 nitrogen and oxygen atoms in total. The maximum absolute atomic E-state index is 13.1. The summed E-state index contributed by atoms with van der Waals surface area (Å²) in [6.45, 7) is 5.75. The fraction of sp³-hybridized carbons (Fsp3) is 0.115. The maximum Gasteiger partial charge on any atom is 0.283 e. The summed E-state index contributed by atoms with van der Waals surface area (Å²) in [6, 6.07) is 19.6. The van der Waals surface area contributed by atoms with Gasteiger partial charge in [-0.25, -0.2) is 4.90 Å². The number of nitrogens with zero attached hydrogens (tertiary/aromatic N) is 1. The predicted octanol–water partition coefficient (Wildman–Crippen LogP) is 5.30. The van der Waals surface area contributed by atoms with Crippen molar-refractivity contribution in [3.05, 3.63) is 99.7 Å². The zero-order chi connectivity index (χ0) is 23.7. The Balaban J connectivity index is 1.55. The molecule has 7 heteroatoms. The fourth-order valence-corrected chi connectivity index (χ4v) is 3.86. The zero-order valence-electron chi connectivity index (χ0n) is 18.4. The third-order valence-electron chi connectivity index (χ3n) is 5.20. The number of amides is 3. The second-order valence-corrected chi connectivity index (χ2v) is 8.38. The van der Waals surface area contributed by atoms with Crippen molar-refractivity contribution in [2.24, 2.45) is 0 Å². The first-order valence-corrected chi connectivity index (χ1v) is 10.7. The zero-order valence-corrected chi connectivity index (χ0v) is 19.2. The molecule has 0 atom stereocenters. The molecular formula is C26H22ClN3O3. The topological polar surface area (TPSA) is 78.5 Å². The number of imide groups is 1. The summed E-state index contributed by atoms with van der Waals surface area (Å²) < 4.78 is 0. The Hall–Kier alpha value is -3.90. The molecule has 3 amide bonds. The molecule has 0 saturated carbocycles. The van der Waals surface area contributed by atoms with Crippen molar-refractivity contribution in [3.63, 3.8) is 0 Å². The van der Waals surface area contributed by atoms with E-state index in [1.54, 1.807) is 36.4 Å². The van der Waals surface area contributed by atoms with Crippen LogP contribution in [0.5, 0.6) is 0 Å². The van der Waals surface area contributed by atoms with Crippen LogP contribution in [0, 0.1) is 20.8 Å². The van der Waals surface area contributed by atoms with Gasteiger partial charge in [0.2, 0.25) is 0 Å². The minimum Gasteiger partial charge on any atom is -0.350 e. The monoisotopic (exact) mass is 459 g/mol. The van der Waals surface area contributed by atoms with E-state index in [4.69, 9.17) is 11.6 Å². The van der Waals surface area contributed by atoms with Gasteiger partial charge >= 0.3 is 0 Å². The van der Waals surface area contributed by atoms with Crippen molar-refractivity contribution in [1.82, 2.24) is 0 Å². The van der Waals surface area contributed by atoms with Gasteiger partial charge in [0.05, 0.1) is 5.69 Å². The summed E-state index contributed by atoms with van der Waals surface area (Å²) in [5, 5.41) is 5.56. The Morgan fingerprint density at radius 2 is 1.45 bits per heavy atom. The molecule has 1 heterocycles. The van der Waals surface area contributed by atoms with Crippen molar-refractivity contribution >= 4 is 46.4 Å². The number of nitrogens with one attached hydrogen (secondary N) is 2. The summed E-state index contributed by atoms with van der Waals surface area (Å²) in [7, 11) is 0. The van der Waals surface area contributed by atoms with Crippen molar-refractivity contribution in [1.29, 1.82) is 0 Å². The van der Waals surface area contributed by atoms with Crippen molar-refractivity contribution in [3.8, 4) is 0 Å². The lowest BCUT2D eigenvalue weighted by Crippen LogP contribution is -2.32. The summed E-state index contributed by atoms with van der Waals surface area (Å²) in [5.74, 6) is -1.44. The van der Waals surface area contributed by atoms with Crippen molar-refractivity contribution in [2.75, 3.05) is 15.5 Å². The van der Waals surface area contributed by atoms with Crippen LogP contribution in [0.1, 0.15) is 27.0 Å². The molecule has 1 aliphatic heterocycles. The quantitative estimate of drug-likeness (QED) is 0.507. The van der Waals surface area contributed by atoms with E-state index in [0.717, 1.165) is 21.6 Å². The molecule has 33 heavy (non-hydrogen) atoms. The first-order valence-electron chi connectivity index (χ1n) is 10.3. The summed E-state index contributed by atoms with van der Waals surface area (Å²) in [4.78, 5) is 39.5. The normalized spacial score (nSPS) is 13.5. The van der Waals surface area contributed by atoms with E-state index in [1.165, 1.54) is 0 Å². The molecule has 1 aliphatic rings. The van der Waals surface area contributed by atoms with E-state index in [2.05, 4.69) is 10.6 Å². The van der Waals surface area contributed by atoms with Gasteiger partial charge in [-0.3, -0.25) is 14.4 Å². The molecule has 2 N–H and O–H groups in total. The highest BCUT2D eigenvalue weighted by molar-refractivity contribution is 6.53. The van der Waals surface area contributed by atoms with Crippen LogP contribution in [0.2, 0.25) is 0 Å². The van der Waals surface area contributed by atoms with E-state index in [1.807, 2.05) is 51.1 Å². The molecule has 4 rings (SSSR count). The van der Waals surface area contributed by atoms with E-state index < -0.39 is 11.8 Å². The molecule has 0 aromatic heterocycles. The van der Waals surface area contributed by atoms with Crippen molar-refractivity contribution in [2.45, 2.75) is 20.8 Å². The lowest BCUT2D eigenvalue weighted by atomic mass is 10.1. The largest absolute Gasteiger partial charge is 0.350 e. The van der Waals surface area contributed by atoms with Gasteiger partial charge in [0.1, 0.15) is 10.7 Å². The van der Waals surface area contributed by atoms with Gasteiger partial charge in [-0.05, 0) is 74.4 Å². The predicted molar refractivity (Wildman–Crippen MR) is 130 cm³/mol. The van der Waals surface area contributed by atoms with Crippen LogP contribution in [0.25, 0.3) is 0 Å². The number of hydrogen-bond acceptors (Lipinski definition) is 4. The Morgan fingerprint density at radius 1 is 0.788 bits per heavy atom. The van der Waals surface area contributed by atoms with Crippen molar-refractivity contribution < 1.29 is 14.4 Å². The molecule has 0 fully saturated rings. The van der Waals surface area contributed by atoms with Crippen LogP contribution in [0.4, 0.5) is 17.1 Å².